The number of hydrogen-bond donors (Lipinski definition) is 0. The summed E-state index contributed by atoms with van der Waals surface area (Å²) < 4.78 is 12.2. The van der Waals surface area contributed by atoms with Gasteiger partial charge in [-0.25, -0.2) is 4.68 Å². The zero-order chi connectivity index (χ0) is 21.4. The van der Waals surface area contributed by atoms with Crippen molar-refractivity contribution in [2.75, 3.05) is 51.0 Å². The third-order valence-electron chi connectivity index (χ3n) is 6.38. The summed E-state index contributed by atoms with van der Waals surface area (Å²) >= 11 is 0. The third-order valence-corrected chi connectivity index (χ3v) is 6.38. The number of ether oxygens (including phenoxy) is 2. The first-order valence-electron chi connectivity index (χ1n) is 10.7. The molecule has 3 aliphatic rings. The fraction of sp³-hybridized carbons (Fsp3) is 0.500. The lowest BCUT2D eigenvalue weighted by atomic mass is 10.1. The molecule has 9 nitrogen and oxygen atoms in total. The van der Waals surface area contributed by atoms with Crippen LogP contribution in [0.1, 0.15) is 12.0 Å². The monoisotopic (exact) mass is 425 g/mol. The molecule has 2 saturated heterocycles. The van der Waals surface area contributed by atoms with Crippen molar-refractivity contribution < 1.29 is 14.3 Å². The maximum Gasteiger partial charge on any atom is 0.268 e. The first kappa shape index (κ1) is 19.9. The summed E-state index contributed by atoms with van der Waals surface area (Å²) in [4.78, 5) is 31.4. The second-order valence-electron chi connectivity index (χ2n) is 8.40. The van der Waals surface area contributed by atoms with Gasteiger partial charge in [-0.15, -0.1) is 0 Å². The number of rotatable bonds is 4. The van der Waals surface area contributed by atoms with E-state index in [2.05, 4.69) is 21.0 Å². The van der Waals surface area contributed by atoms with Crippen LogP contribution < -0.4 is 19.9 Å². The summed E-state index contributed by atoms with van der Waals surface area (Å²) in [6.07, 6.45) is 2.51. The zero-order valence-corrected chi connectivity index (χ0v) is 17.7. The molecule has 0 aliphatic carbocycles. The van der Waals surface area contributed by atoms with E-state index in [1.807, 2.05) is 17.0 Å². The van der Waals surface area contributed by atoms with Gasteiger partial charge >= 0.3 is 0 Å². The van der Waals surface area contributed by atoms with E-state index < -0.39 is 0 Å². The number of benzene rings is 1. The van der Waals surface area contributed by atoms with Crippen molar-refractivity contribution in [3.8, 4) is 11.5 Å². The maximum absolute atomic E-state index is 13.1. The normalized spacial score (nSPS) is 21.0. The number of fused-ring (bicyclic) bond motifs is 1. The molecule has 2 fully saturated rings. The molecule has 1 unspecified atom stereocenters. The molecule has 1 aromatic carbocycles. The van der Waals surface area contributed by atoms with E-state index in [-0.39, 0.29) is 24.2 Å². The van der Waals surface area contributed by atoms with Crippen LogP contribution in [0.15, 0.2) is 35.3 Å². The SMILES string of the molecule is Cn1ncc(N2CCC(C(=O)N3CCN(Cc4ccc5c(c4)OCO5)CC3)C2)cc1=O. The smallest absolute Gasteiger partial charge is 0.268 e. The van der Waals surface area contributed by atoms with Crippen LogP contribution in [-0.2, 0) is 18.4 Å². The first-order chi connectivity index (χ1) is 15.1. The molecule has 5 rings (SSSR count). The average molecular weight is 425 g/mol. The molecule has 0 radical (unpaired) electrons. The number of nitrogens with zero attached hydrogens (tertiary/aromatic N) is 5. The molecule has 1 aromatic heterocycles. The highest BCUT2D eigenvalue weighted by Crippen LogP contribution is 2.33. The Balaban J connectivity index is 1.13. The second kappa shape index (κ2) is 8.22. The fourth-order valence-electron chi connectivity index (χ4n) is 4.51. The minimum absolute atomic E-state index is 0.0236. The van der Waals surface area contributed by atoms with E-state index in [0.29, 0.717) is 6.54 Å². The van der Waals surface area contributed by atoms with Crippen molar-refractivity contribution in [2.24, 2.45) is 13.0 Å². The Labute approximate surface area is 180 Å². The number of amides is 1. The average Bonchev–Trinajstić information content (AvgIpc) is 3.45. The quantitative estimate of drug-likeness (QED) is 0.713. The van der Waals surface area contributed by atoms with Crippen LogP contribution in [0.4, 0.5) is 5.69 Å². The van der Waals surface area contributed by atoms with E-state index in [9.17, 15) is 9.59 Å². The van der Waals surface area contributed by atoms with Crippen molar-refractivity contribution in [2.45, 2.75) is 13.0 Å². The summed E-state index contributed by atoms with van der Waals surface area (Å²) in [6.45, 7) is 5.74. The van der Waals surface area contributed by atoms with Gasteiger partial charge in [0.15, 0.2) is 11.5 Å². The van der Waals surface area contributed by atoms with Crippen molar-refractivity contribution in [1.82, 2.24) is 19.6 Å². The first-order valence-corrected chi connectivity index (χ1v) is 10.7. The number of aryl methyl sites for hydroxylation is 1. The van der Waals surface area contributed by atoms with E-state index in [4.69, 9.17) is 9.47 Å². The Kier molecular flexibility index (Phi) is 5.27. The lowest BCUT2D eigenvalue weighted by molar-refractivity contribution is -0.136. The van der Waals surface area contributed by atoms with Gasteiger partial charge in [0, 0.05) is 58.9 Å². The van der Waals surface area contributed by atoms with Gasteiger partial charge < -0.3 is 19.3 Å². The Bertz CT molecular complexity index is 1030. The lowest BCUT2D eigenvalue weighted by Crippen LogP contribution is -2.50. The number of piperazine rings is 1. The number of anilines is 1. The van der Waals surface area contributed by atoms with Crippen LogP contribution >= 0.6 is 0 Å². The number of hydrogen-bond acceptors (Lipinski definition) is 7. The standard InChI is InChI=1S/C22H27N5O4/c1-24-21(28)11-18(12-23-24)27-5-4-17(14-27)22(29)26-8-6-25(7-9-26)13-16-2-3-19-20(10-16)31-15-30-19/h2-3,10-12,17H,4-9,13-15H2,1H3. The van der Waals surface area contributed by atoms with Crippen LogP contribution in [0.3, 0.4) is 0 Å². The van der Waals surface area contributed by atoms with Crippen LogP contribution in [0.5, 0.6) is 11.5 Å². The maximum atomic E-state index is 13.1. The predicted octanol–water partition coefficient (Wildman–Crippen LogP) is 0.680. The van der Waals surface area contributed by atoms with E-state index in [0.717, 1.165) is 62.9 Å². The van der Waals surface area contributed by atoms with Gasteiger partial charge in [0.25, 0.3) is 5.56 Å². The molecule has 0 spiro atoms. The van der Waals surface area contributed by atoms with Gasteiger partial charge in [0.05, 0.1) is 17.8 Å². The molecule has 0 bridgehead atoms. The molecular weight excluding hydrogens is 398 g/mol. The van der Waals surface area contributed by atoms with Crippen molar-refractivity contribution >= 4 is 11.6 Å². The van der Waals surface area contributed by atoms with Gasteiger partial charge in [-0.05, 0) is 24.1 Å². The summed E-state index contributed by atoms with van der Waals surface area (Å²) in [5, 5.41) is 4.09. The molecule has 2 aromatic rings. The molecule has 1 amide bonds. The van der Waals surface area contributed by atoms with Crippen LogP contribution in [0, 0.1) is 5.92 Å². The van der Waals surface area contributed by atoms with E-state index in [1.54, 1.807) is 19.3 Å². The molecule has 4 heterocycles. The van der Waals surface area contributed by atoms with Gasteiger partial charge in [-0.1, -0.05) is 6.07 Å². The summed E-state index contributed by atoms with van der Waals surface area (Å²) in [5.74, 6) is 1.81. The van der Waals surface area contributed by atoms with Gasteiger partial charge in [-0.2, -0.15) is 5.10 Å². The highest BCUT2D eigenvalue weighted by Gasteiger charge is 2.33. The van der Waals surface area contributed by atoms with Crippen LogP contribution in [0.2, 0.25) is 0 Å². The summed E-state index contributed by atoms with van der Waals surface area (Å²) in [6, 6.07) is 7.67. The lowest BCUT2D eigenvalue weighted by Gasteiger charge is -2.36. The van der Waals surface area contributed by atoms with Crippen LogP contribution in [0.25, 0.3) is 0 Å². The highest BCUT2D eigenvalue weighted by atomic mass is 16.7. The molecule has 3 aliphatic heterocycles. The van der Waals surface area contributed by atoms with Crippen molar-refractivity contribution in [3.63, 3.8) is 0 Å². The molecule has 31 heavy (non-hydrogen) atoms. The Morgan fingerprint density at radius 2 is 1.90 bits per heavy atom. The molecule has 164 valence electrons. The largest absolute Gasteiger partial charge is 0.454 e. The molecule has 0 N–H and O–H groups in total. The number of aromatic nitrogens is 2. The zero-order valence-electron chi connectivity index (χ0n) is 17.7. The third kappa shape index (κ3) is 4.10. The molecule has 0 saturated carbocycles. The minimum atomic E-state index is -0.133. The van der Waals surface area contributed by atoms with Crippen molar-refractivity contribution in [1.29, 1.82) is 0 Å². The van der Waals surface area contributed by atoms with E-state index >= 15 is 0 Å². The second-order valence-corrected chi connectivity index (χ2v) is 8.40. The van der Waals surface area contributed by atoms with E-state index in [1.165, 1.54) is 10.2 Å². The fourth-order valence-corrected chi connectivity index (χ4v) is 4.51. The van der Waals surface area contributed by atoms with Gasteiger partial charge in [-0.3, -0.25) is 14.5 Å². The summed E-state index contributed by atoms with van der Waals surface area (Å²) in [7, 11) is 1.63. The van der Waals surface area contributed by atoms with Crippen LogP contribution in [-0.4, -0.2) is 71.5 Å². The summed E-state index contributed by atoms with van der Waals surface area (Å²) in [5.41, 5.74) is 1.86. The highest BCUT2D eigenvalue weighted by molar-refractivity contribution is 5.80. The Hall–Kier alpha value is -3.07. The molecular formula is C22H27N5O4. The van der Waals surface area contributed by atoms with Gasteiger partial charge in [0.1, 0.15) is 0 Å². The Morgan fingerprint density at radius 3 is 2.71 bits per heavy atom. The van der Waals surface area contributed by atoms with Crippen molar-refractivity contribution in [3.05, 3.63) is 46.4 Å². The minimum Gasteiger partial charge on any atom is -0.454 e. The number of carbonyl (C=O) groups excluding carboxylic acids is 1. The predicted molar refractivity (Wildman–Crippen MR) is 114 cm³/mol. The van der Waals surface area contributed by atoms with Gasteiger partial charge in [0.2, 0.25) is 12.7 Å². The Morgan fingerprint density at radius 1 is 1.10 bits per heavy atom. The number of carbonyl (C=O) groups is 1. The molecule has 1 atom stereocenters. The topological polar surface area (TPSA) is 80.1 Å². The molecule has 9 heteroatoms.